The number of ether oxygens (including phenoxy) is 2. The molecule has 0 amide bonds. The summed E-state index contributed by atoms with van der Waals surface area (Å²) in [5, 5.41) is 0. The Morgan fingerprint density at radius 1 is 1.54 bits per heavy atom. The van der Waals surface area contributed by atoms with Crippen molar-refractivity contribution in [1.29, 1.82) is 0 Å². The largest absolute Gasteiger partial charge is 0.353 e. The molecule has 0 rings (SSSR count). The average molecular weight is 211 g/mol. The van der Waals surface area contributed by atoms with Crippen LogP contribution >= 0.6 is 0 Å². The summed E-state index contributed by atoms with van der Waals surface area (Å²) in [4.78, 5) is 0. The molecule has 0 aromatic carbocycles. The first-order chi connectivity index (χ1) is 5.95. The average Bonchev–Trinajstić information content (AvgIpc) is 1.97. The summed E-state index contributed by atoms with van der Waals surface area (Å²) in [6, 6.07) is 0. The highest BCUT2D eigenvalue weighted by atomic mass is 32.2. The first kappa shape index (κ1) is 12.8. The minimum absolute atomic E-state index is 0.245. The lowest BCUT2D eigenvalue weighted by molar-refractivity contribution is -0.106. The van der Waals surface area contributed by atoms with Crippen LogP contribution in [0.25, 0.3) is 0 Å². The van der Waals surface area contributed by atoms with Crippen LogP contribution in [0.1, 0.15) is 20.3 Å². The van der Waals surface area contributed by atoms with Crippen molar-refractivity contribution in [1.82, 2.24) is 0 Å². The molecule has 0 aromatic rings. The highest BCUT2D eigenvalue weighted by Crippen LogP contribution is 1.97. The molecule has 6 heteroatoms. The van der Waals surface area contributed by atoms with Gasteiger partial charge in [-0.3, -0.25) is 4.55 Å². The predicted molar refractivity (Wildman–Crippen MR) is 47.5 cm³/mol. The fourth-order valence-electron chi connectivity index (χ4n) is 0.722. The molecule has 0 fully saturated rings. The Kier molecular flexibility index (Phi) is 6.23. The maximum atomic E-state index is 10.3. The Bertz CT molecular complexity index is 211. The van der Waals surface area contributed by atoms with Gasteiger partial charge in [-0.15, -0.1) is 0 Å². The van der Waals surface area contributed by atoms with Gasteiger partial charge in [0.05, 0.1) is 19.0 Å². The monoisotopic (exact) mass is 211 g/mol. The van der Waals surface area contributed by atoms with Gasteiger partial charge in [0.1, 0.15) is 0 Å². The highest BCUT2D eigenvalue weighted by molar-refractivity contribution is 7.85. The zero-order chi connectivity index (χ0) is 10.3. The van der Waals surface area contributed by atoms with Crippen molar-refractivity contribution in [3.05, 3.63) is 6.61 Å². The van der Waals surface area contributed by atoms with Crippen LogP contribution in [0.2, 0.25) is 0 Å². The smallest absolute Gasteiger partial charge is 0.264 e. The maximum absolute atomic E-state index is 10.3. The van der Waals surface area contributed by atoms with Gasteiger partial charge >= 0.3 is 0 Å². The third-order valence-electron chi connectivity index (χ3n) is 1.23. The van der Waals surface area contributed by atoms with E-state index < -0.39 is 10.1 Å². The van der Waals surface area contributed by atoms with Gasteiger partial charge in [0.2, 0.25) is 0 Å². The third-order valence-corrected chi connectivity index (χ3v) is 2.03. The summed E-state index contributed by atoms with van der Waals surface area (Å²) in [6.45, 7) is 5.16. The fraction of sp³-hybridized carbons (Fsp3) is 0.857. The molecule has 0 bridgehead atoms. The van der Waals surface area contributed by atoms with E-state index in [1.807, 2.05) is 0 Å². The Hall–Kier alpha value is -0.170. The zero-order valence-electron chi connectivity index (χ0n) is 7.76. The molecule has 0 aliphatic heterocycles. The molecule has 0 spiro atoms. The van der Waals surface area contributed by atoms with Gasteiger partial charge in [-0.05, 0) is 20.3 Å². The van der Waals surface area contributed by atoms with Gasteiger partial charge in [0.15, 0.2) is 6.29 Å². The standard InChI is InChI=1S/C7H15O5S/c1-3-11-7(2)12-5-4-6-13(8,9)10/h3,7H,4-6H2,1-2H3,(H,8,9,10). The summed E-state index contributed by atoms with van der Waals surface area (Å²) in [6.07, 6.45) is -0.123. The third kappa shape index (κ3) is 9.75. The van der Waals surface area contributed by atoms with Crippen molar-refractivity contribution in [2.45, 2.75) is 26.6 Å². The van der Waals surface area contributed by atoms with Gasteiger partial charge in [-0.25, -0.2) is 0 Å². The second kappa shape index (κ2) is 6.31. The Balaban J connectivity index is 3.36. The van der Waals surface area contributed by atoms with Crippen LogP contribution < -0.4 is 0 Å². The Morgan fingerprint density at radius 2 is 2.15 bits per heavy atom. The topological polar surface area (TPSA) is 72.8 Å². The highest BCUT2D eigenvalue weighted by Gasteiger charge is 2.05. The van der Waals surface area contributed by atoms with Crippen LogP contribution in [0.3, 0.4) is 0 Å². The van der Waals surface area contributed by atoms with E-state index in [1.54, 1.807) is 13.8 Å². The molecule has 0 aliphatic rings. The van der Waals surface area contributed by atoms with E-state index in [4.69, 9.17) is 14.0 Å². The summed E-state index contributed by atoms with van der Waals surface area (Å²) < 4.78 is 38.9. The lowest BCUT2D eigenvalue weighted by Crippen LogP contribution is -2.14. The molecular formula is C7H15O5S. The van der Waals surface area contributed by atoms with Gasteiger partial charge in [-0.2, -0.15) is 8.42 Å². The van der Waals surface area contributed by atoms with Crippen molar-refractivity contribution in [3.8, 4) is 0 Å². The van der Waals surface area contributed by atoms with E-state index in [0.717, 1.165) is 0 Å². The minimum Gasteiger partial charge on any atom is -0.353 e. The van der Waals surface area contributed by atoms with E-state index in [2.05, 4.69) is 0 Å². The lowest BCUT2D eigenvalue weighted by Gasteiger charge is -2.11. The summed E-state index contributed by atoms with van der Waals surface area (Å²) in [5.41, 5.74) is 0. The Morgan fingerprint density at radius 3 is 2.62 bits per heavy atom. The van der Waals surface area contributed by atoms with Gasteiger partial charge < -0.3 is 9.47 Å². The molecule has 1 atom stereocenters. The van der Waals surface area contributed by atoms with Crippen LogP contribution in [0.15, 0.2) is 0 Å². The molecule has 13 heavy (non-hydrogen) atoms. The molecule has 0 heterocycles. The van der Waals surface area contributed by atoms with E-state index in [0.29, 0.717) is 0 Å². The van der Waals surface area contributed by atoms with E-state index >= 15 is 0 Å². The number of rotatable bonds is 7. The van der Waals surface area contributed by atoms with Crippen LogP contribution in [-0.2, 0) is 19.6 Å². The first-order valence-corrected chi connectivity index (χ1v) is 5.56. The van der Waals surface area contributed by atoms with Crippen LogP contribution in [0.5, 0.6) is 0 Å². The second-order valence-electron chi connectivity index (χ2n) is 2.45. The molecule has 0 aromatic heterocycles. The van der Waals surface area contributed by atoms with Crippen LogP contribution in [0, 0.1) is 6.61 Å². The zero-order valence-corrected chi connectivity index (χ0v) is 8.58. The summed E-state index contributed by atoms with van der Waals surface area (Å²) in [5.74, 6) is -0.282. The van der Waals surface area contributed by atoms with Crippen LogP contribution in [-0.4, -0.2) is 31.6 Å². The predicted octanol–water partition coefficient (Wildman–Crippen LogP) is 0.825. The number of hydrogen-bond donors (Lipinski definition) is 1. The molecular weight excluding hydrogens is 196 g/mol. The molecule has 1 N–H and O–H groups in total. The van der Waals surface area contributed by atoms with Crippen molar-refractivity contribution in [2.75, 3.05) is 12.4 Å². The van der Waals surface area contributed by atoms with E-state index in [-0.39, 0.29) is 25.1 Å². The molecule has 1 radical (unpaired) electrons. The molecule has 5 nitrogen and oxygen atoms in total. The van der Waals surface area contributed by atoms with E-state index in [9.17, 15) is 8.42 Å². The van der Waals surface area contributed by atoms with Crippen LogP contribution in [0.4, 0.5) is 0 Å². The van der Waals surface area contributed by atoms with Gasteiger partial charge in [-0.1, -0.05) is 0 Å². The maximum Gasteiger partial charge on any atom is 0.264 e. The molecule has 79 valence electrons. The molecule has 0 aliphatic carbocycles. The fourth-order valence-corrected chi connectivity index (χ4v) is 1.20. The normalized spacial score (nSPS) is 14.4. The minimum atomic E-state index is -3.86. The number of hydrogen-bond acceptors (Lipinski definition) is 4. The summed E-state index contributed by atoms with van der Waals surface area (Å²) in [7, 11) is -3.86. The second-order valence-corrected chi connectivity index (χ2v) is 4.02. The summed E-state index contributed by atoms with van der Waals surface area (Å²) >= 11 is 0. The lowest BCUT2D eigenvalue weighted by atomic mass is 10.5. The van der Waals surface area contributed by atoms with Crippen molar-refractivity contribution < 1.29 is 22.4 Å². The van der Waals surface area contributed by atoms with Crippen molar-refractivity contribution in [3.63, 3.8) is 0 Å². The SMILES string of the molecule is C[CH]OC(C)OCCCS(=O)(=O)O. The van der Waals surface area contributed by atoms with Gasteiger partial charge in [0.25, 0.3) is 10.1 Å². The van der Waals surface area contributed by atoms with E-state index in [1.165, 1.54) is 6.61 Å². The van der Waals surface area contributed by atoms with Gasteiger partial charge in [0, 0.05) is 0 Å². The van der Waals surface area contributed by atoms with Crippen molar-refractivity contribution >= 4 is 10.1 Å². The Labute approximate surface area is 78.8 Å². The first-order valence-electron chi connectivity index (χ1n) is 3.96. The molecule has 0 saturated carbocycles. The molecule has 1 unspecified atom stereocenters. The quantitative estimate of drug-likeness (QED) is 0.383. The molecule has 0 saturated heterocycles. The van der Waals surface area contributed by atoms with Crippen molar-refractivity contribution in [2.24, 2.45) is 0 Å².